The molecule has 0 radical (unpaired) electrons. The highest BCUT2D eigenvalue weighted by atomic mass is 32.2. The number of fused-ring (bicyclic) bond motifs is 1. The minimum atomic E-state index is -3.25. The third-order valence-corrected chi connectivity index (χ3v) is 5.75. The van der Waals surface area contributed by atoms with Gasteiger partial charge in [-0.2, -0.15) is 0 Å². The van der Waals surface area contributed by atoms with Crippen LogP contribution >= 0.6 is 0 Å². The Kier molecular flexibility index (Phi) is 4.55. The van der Waals surface area contributed by atoms with Crippen LogP contribution in [-0.2, 0) is 25.9 Å². The van der Waals surface area contributed by atoms with Gasteiger partial charge in [0.1, 0.15) is 6.04 Å². The molecule has 0 spiro atoms. The fourth-order valence-corrected chi connectivity index (χ4v) is 4.40. The molecule has 2 heterocycles. The van der Waals surface area contributed by atoms with Gasteiger partial charge >= 0.3 is 5.97 Å². The molecule has 1 saturated heterocycles. The summed E-state index contributed by atoms with van der Waals surface area (Å²) >= 11 is 0. The molecule has 0 aliphatic carbocycles. The molecule has 24 heavy (non-hydrogen) atoms. The maximum absolute atomic E-state index is 12.0. The van der Waals surface area contributed by atoms with E-state index in [4.69, 9.17) is 18.9 Å². The quantitative estimate of drug-likeness (QED) is 0.706. The van der Waals surface area contributed by atoms with E-state index in [-0.39, 0.29) is 24.8 Å². The van der Waals surface area contributed by atoms with Crippen molar-refractivity contribution in [2.45, 2.75) is 12.6 Å². The number of sulfone groups is 1. The molecule has 1 atom stereocenters. The molecule has 8 nitrogen and oxygen atoms in total. The molecular weight excluding hydrogens is 338 g/mol. The van der Waals surface area contributed by atoms with Crippen LogP contribution in [0.15, 0.2) is 12.1 Å². The second-order valence-electron chi connectivity index (χ2n) is 5.66. The van der Waals surface area contributed by atoms with Crippen molar-refractivity contribution in [1.82, 2.24) is 4.90 Å². The minimum Gasteiger partial charge on any atom is -0.493 e. The fourth-order valence-electron chi connectivity index (χ4n) is 2.89. The fraction of sp³-hybridized carbons (Fsp3) is 0.533. The summed E-state index contributed by atoms with van der Waals surface area (Å²) in [4.78, 5) is 13.8. The number of nitrogens with zero attached hydrogens (tertiary/aromatic N) is 1. The Morgan fingerprint density at radius 2 is 2.12 bits per heavy atom. The Morgan fingerprint density at radius 3 is 2.83 bits per heavy atom. The Bertz CT molecular complexity index is 746. The number of hydrogen-bond acceptors (Lipinski definition) is 8. The number of rotatable bonds is 4. The molecule has 1 aromatic carbocycles. The molecule has 0 bridgehead atoms. The monoisotopic (exact) mass is 357 g/mol. The second-order valence-corrected chi connectivity index (χ2v) is 7.88. The standard InChI is InChI=1S/C15H19NO7S/c1-20-12-5-10(6-13-14(12)23-9-22-13)7-16-3-4-24(18,19)8-11(16)15(17)21-2/h5-6,11H,3-4,7-9H2,1-2H3/t11-/m1/s1. The van der Waals surface area contributed by atoms with Crippen LogP contribution in [0.5, 0.6) is 17.2 Å². The first-order valence-corrected chi connectivity index (χ1v) is 9.24. The summed E-state index contributed by atoms with van der Waals surface area (Å²) in [6.45, 7) is 0.767. The number of benzene rings is 1. The van der Waals surface area contributed by atoms with E-state index >= 15 is 0 Å². The van der Waals surface area contributed by atoms with E-state index in [2.05, 4.69) is 0 Å². The molecule has 2 aliphatic heterocycles. The van der Waals surface area contributed by atoms with Crippen LogP contribution in [0.25, 0.3) is 0 Å². The average Bonchev–Trinajstić information content (AvgIpc) is 3.03. The van der Waals surface area contributed by atoms with Gasteiger partial charge in [-0.25, -0.2) is 8.42 Å². The molecule has 1 fully saturated rings. The van der Waals surface area contributed by atoms with Gasteiger partial charge in [-0.05, 0) is 17.7 Å². The molecule has 9 heteroatoms. The van der Waals surface area contributed by atoms with Crippen LogP contribution in [0.3, 0.4) is 0 Å². The predicted molar refractivity (Wildman–Crippen MR) is 84.0 cm³/mol. The van der Waals surface area contributed by atoms with Crippen molar-refractivity contribution in [3.63, 3.8) is 0 Å². The molecule has 1 aromatic rings. The summed E-state index contributed by atoms with van der Waals surface area (Å²) in [7, 11) is -0.458. The summed E-state index contributed by atoms with van der Waals surface area (Å²) in [5.74, 6) is 0.893. The first kappa shape index (κ1) is 16.8. The van der Waals surface area contributed by atoms with E-state index in [9.17, 15) is 13.2 Å². The lowest BCUT2D eigenvalue weighted by atomic mass is 10.1. The van der Waals surface area contributed by atoms with Crippen molar-refractivity contribution in [3.8, 4) is 17.2 Å². The van der Waals surface area contributed by atoms with Gasteiger partial charge in [0.05, 0.1) is 25.7 Å². The van der Waals surface area contributed by atoms with Crippen molar-refractivity contribution >= 4 is 15.8 Å². The molecule has 0 saturated carbocycles. The number of methoxy groups -OCH3 is 2. The molecule has 0 unspecified atom stereocenters. The zero-order chi connectivity index (χ0) is 17.3. The number of esters is 1. The summed E-state index contributed by atoms with van der Waals surface area (Å²) in [5, 5.41) is 0. The SMILES string of the molecule is COC(=O)[C@H]1CS(=O)(=O)CCN1Cc1cc(OC)c2c(c1)OCO2. The zero-order valence-corrected chi connectivity index (χ0v) is 14.3. The van der Waals surface area contributed by atoms with Crippen molar-refractivity contribution in [1.29, 1.82) is 0 Å². The van der Waals surface area contributed by atoms with Gasteiger partial charge < -0.3 is 18.9 Å². The van der Waals surface area contributed by atoms with Gasteiger partial charge in [0.25, 0.3) is 0 Å². The Balaban J connectivity index is 1.85. The largest absolute Gasteiger partial charge is 0.493 e. The smallest absolute Gasteiger partial charge is 0.324 e. The molecule has 132 valence electrons. The number of carbonyl (C=O) groups is 1. The van der Waals surface area contributed by atoms with Crippen molar-refractivity contribution in [3.05, 3.63) is 17.7 Å². The summed E-state index contributed by atoms with van der Waals surface area (Å²) < 4.78 is 44.5. The summed E-state index contributed by atoms with van der Waals surface area (Å²) in [6, 6.07) is 2.79. The van der Waals surface area contributed by atoms with Crippen molar-refractivity contribution in [2.75, 3.05) is 39.1 Å². The molecule has 0 amide bonds. The van der Waals surface area contributed by atoms with E-state index < -0.39 is 21.8 Å². The minimum absolute atomic E-state index is 0.0161. The van der Waals surface area contributed by atoms with Crippen LogP contribution in [-0.4, -0.2) is 64.4 Å². The van der Waals surface area contributed by atoms with E-state index in [1.54, 1.807) is 11.0 Å². The van der Waals surface area contributed by atoms with Crippen LogP contribution in [0, 0.1) is 0 Å². The topological polar surface area (TPSA) is 91.4 Å². The lowest BCUT2D eigenvalue weighted by Gasteiger charge is -2.33. The normalized spacial score (nSPS) is 22.2. The Hall–Kier alpha value is -2.00. The van der Waals surface area contributed by atoms with Crippen molar-refractivity contribution < 1.29 is 32.2 Å². The van der Waals surface area contributed by atoms with E-state index in [1.165, 1.54) is 14.2 Å². The second kappa shape index (κ2) is 6.48. The number of ether oxygens (including phenoxy) is 4. The highest BCUT2D eigenvalue weighted by Gasteiger charge is 2.37. The third kappa shape index (κ3) is 3.27. The molecule has 0 aromatic heterocycles. The zero-order valence-electron chi connectivity index (χ0n) is 13.5. The van der Waals surface area contributed by atoms with Gasteiger partial charge in [0.2, 0.25) is 12.5 Å². The molecule has 3 rings (SSSR count). The highest BCUT2D eigenvalue weighted by molar-refractivity contribution is 7.91. The van der Waals surface area contributed by atoms with Crippen LogP contribution < -0.4 is 14.2 Å². The molecule has 0 N–H and O–H groups in total. The Labute approximate surface area is 140 Å². The van der Waals surface area contributed by atoms with E-state index in [0.717, 1.165) is 5.56 Å². The third-order valence-electron chi connectivity index (χ3n) is 4.12. The average molecular weight is 357 g/mol. The first-order valence-electron chi connectivity index (χ1n) is 7.42. The van der Waals surface area contributed by atoms with Crippen LogP contribution in [0.4, 0.5) is 0 Å². The van der Waals surface area contributed by atoms with Gasteiger partial charge in [-0.3, -0.25) is 9.69 Å². The Morgan fingerprint density at radius 1 is 1.33 bits per heavy atom. The van der Waals surface area contributed by atoms with Gasteiger partial charge in [0.15, 0.2) is 21.3 Å². The summed E-state index contributed by atoms with van der Waals surface area (Å²) in [6.07, 6.45) is 0. The number of hydrogen-bond donors (Lipinski definition) is 0. The maximum atomic E-state index is 12.0. The van der Waals surface area contributed by atoms with Crippen LogP contribution in [0.2, 0.25) is 0 Å². The highest BCUT2D eigenvalue weighted by Crippen LogP contribution is 2.42. The number of carbonyl (C=O) groups excluding carboxylic acids is 1. The van der Waals surface area contributed by atoms with E-state index in [1.807, 2.05) is 6.07 Å². The van der Waals surface area contributed by atoms with Crippen molar-refractivity contribution in [2.24, 2.45) is 0 Å². The van der Waals surface area contributed by atoms with Gasteiger partial charge in [-0.15, -0.1) is 0 Å². The van der Waals surface area contributed by atoms with E-state index in [0.29, 0.717) is 23.8 Å². The predicted octanol–water partition coefficient (Wildman–Crippen LogP) is 0.196. The lowest BCUT2D eigenvalue weighted by Crippen LogP contribution is -2.52. The first-order chi connectivity index (χ1) is 11.4. The van der Waals surface area contributed by atoms with Crippen LogP contribution in [0.1, 0.15) is 5.56 Å². The maximum Gasteiger partial charge on any atom is 0.324 e. The lowest BCUT2D eigenvalue weighted by molar-refractivity contribution is -0.146. The molecular formula is C15H19NO7S. The summed E-state index contributed by atoms with van der Waals surface area (Å²) in [5.41, 5.74) is 0.837. The van der Waals surface area contributed by atoms with Gasteiger partial charge in [-0.1, -0.05) is 0 Å². The molecule has 2 aliphatic rings. The van der Waals surface area contributed by atoms with Gasteiger partial charge in [0, 0.05) is 13.1 Å².